The SMILES string of the molecule is COc1ccc(CNc2nc(-c3c(F)cccc3F)nc3c2C(=O)N(Cc2ccc(OC)cc2OC)C3)cc1. The maximum atomic E-state index is 14.7. The number of halogens is 2. The van der Waals surface area contributed by atoms with Crippen LogP contribution in [-0.4, -0.2) is 42.1 Å². The Labute approximate surface area is 224 Å². The Morgan fingerprint density at radius 3 is 2.23 bits per heavy atom. The minimum atomic E-state index is -0.791. The number of ether oxygens (including phenoxy) is 3. The van der Waals surface area contributed by atoms with Crippen LogP contribution in [0.1, 0.15) is 27.2 Å². The predicted molar refractivity (Wildman–Crippen MR) is 141 cm³/mol. The zero-order chi connectivity index (χ0) is 27.5. The van der Waals surface area contributed by atoms with Crippen molar-refractivity contribution in [2.24, 2.45) is 0 Å². The second-order valence-electron chi connectivity index (χ2n) is 8.85. The van der Waals surface area contributed by atoms with E-state index in [9.17, 15) is 13.6 Å². The van der Waals surface area contributed by atoms with E-state index in [1.165, 1.54) is 6.07 Å². The minimum absolute atomic E-state index is 0.131. The van der Waals surface area contributed by atoms with E-state index in [2.05, 4.69) is 15.3 Å². The number of amides is 1. The molecular formula is C29H26F2N4O4. The molecule has 1 aromatic heterocycles. The van der Waals surface area contributed by atoms with Crippen LogP contribution in [-0.2, 0) is 19.6 Å². The third kappa shape index (κ3) is 5.18. The van der Waals surface area contributed by atoms with Gasteiger partial charge < -0.3 is 24.4 Å². The van der Waals surface area contributed by atoms with E-state index in [-0.39, 0.29) is 41.8 Å². The van der Waals surface area contributed by atoms with Crippen molar-refractivity contribution in [1.82, 2.24) is 14.9 Å². The van der Waals surface area contributed by atoms with Crippen molar-refractivity contribution in [3.05, 3.63) is 94.7 Å². The smallest absolute Gasteiger partial charge is 0.260 e. The average molecular weight is 533 g/mol. The third-order valence-corrected chi connectivity index (χ3v) is 6.49. The largest absolute Gasteiger partial charge is 0.497 e. The highest BCUT2D eigenvalue weighted by atomic mass is 19.1. The van der Waals surface area contributed by atoms with Crippen LogP contribution in [0.3, 0.4) is 0 Å². The van der Waals surface area contributed by atoms with E-state index >= 15 is 0 Å². The number of aromatic nitrogens is 2. The molecule has 1 N–H and O–H groups in total. The second kappa shape index (κ2) is 10.9. The van der Waals surface area contributed by atoms with Crippen LogP contribution in [0.2, 0.25) is 0 Å². The topological polar surface area (TPSA) is 85.8 Å². The van der Waals surface area contributed by atoms with Gasteiger partial charge in [0.1, 0.15) is 40.3 Å². The number of anilines is 1. The summed E-state index contributed by atoms with van der Waals surface area (Å²) in [5.41, 5.74) is 1.94. The zero-order valence-corrected chi connectivity index (χ0v) is 21.6. The van der Waals surface area contributed by atoms with Crippen molar-refractivity contribution >= 4 is 11.7 Å². The van der Waals surface area contributed by atoms with Crippen molar-refractivity contribution in [3.8, 4) is 28.6 Å². The number of benzene rings is 3. The Kier molecular flexibility index (Phi) is 7.27. The number of carbonyl (C=O) groups is 1. The Bertz CT molecular complexity index is 1510. The van der Waals surface area contributed by atoms with Gasteiger partial charge in [0.05, 0.1) is 45.7 Å². The number of nitrogens with zero attached hydrogens (tertiary/aromatic N) is 3. The summed E-state index contributed by atoms with van der Waals surface area (Å²) < 4.78 is 45.3. The molecule has 0 saturated heterocycles. The quantitative estimate of drug-likeness (QED) is 0.317. The molecule has 10 heteroatoms. The van der Waals surface area contributed by atoms with Crippen molar-refractivity contribution in [2.75, 3.05) is 26.6 Å². The van der Waals surface area contributed by atoms with E-state index in [0.29, 0.717) is 29.5 Å². The molecule has 0 bridgehead atoms. The van der Waals surface area contributed by atoms with Crippen LogP contribution >= 0.6 is 0 Å². The Morgan fingerprint density at radius 2 is 1.56 bits per heavy atom. The molecule has 0 radical (unpaired) electrons. The van der Waals surface area contributed by atoms with E-state index in [0.717, 1.165) is 23.3 Å². The number of methoxy groups -OCH3 is 3. The molecule has 39 heavy (non-hydrogen) atoms. The summed E-state index contributed by atoms with van der Waals surface area (Å²) >= 11 is 0. The first kappa shape index (κ1) is 25.9. The molecule has 2 heterocycles. The van der Waals surface area contributed by atoms with Gasteiger partial charge in [0.15, 0.2) is 5.82 Å². The minimum Gasteiger partial charge on any atom is -0.497 e. The van der Waals surface area contributed by atoms with Crippen molar-refractivity contribution in [3.63, 3.8) is 0 Å². The second-order valence-corrected chi connectivity index (χ2v) is 8.85. The van der Waals surface area contributed by atoms with Crippen LogP contribution in [0, 0.1) is 11.6 Å². The molecule has 0 spiro atoms. The molecule has 1 aliphatic heterocycles. The van der Waals surface area contributed by atoms with Gasteiger partial charge in [-0.1, -0.05) is 18.2 Å². The van der Waals surface area contributed by atoms with Crippen LogP contribution in [0.4, 0.5) is 14.6 Å². The molecule has 200 valence electrons. The molecule has 1 amide bonds. The van der Waals surface area contributed by atoms with Crippen LogP contribution in [0.25, 0.3) is 11.4 Å². The molecule has 5 rings (SSSR count). The number of hydrogen-bond donors (Lipinski definition) is 1. The van der Waals surface area contributed by atoms with E-state index in [1.54, 1.807) is 38.4 Å². The number of hydrogen-bond acceptors (Lipinski definition) is 7. The molecule has 4 aromatic rings. The van der Waals surface area contributed by atoms with Gasteiger partial charge in [0.2, 0.25) is 0 Å². The van der Waals surface area contributed by atoms with Crippen molar-refractivity contribution < 1.29 is 27.8 Å². The summed E-state index contributed by atoms with van der Waals surface area (Å²) in [7, 11) is 4.69. The highest BCUT2D eigenvalue weighted by Gasteiger charge is 2.34. The molecule has 0 saturated carbocycles. The third-order valence-electron chi connectivity index (χ3n) is 6.49. The molecule has 1 aliphatic rings. The summed E-state index contributed by atoms with van der Waals surface area (Å²) in [5, 5.41) is 3.17. The van der Waals surface area contributed by atoms with Crippen molar-refractivity contribution in [2.45, 2.75) is 19.6 Å². The Balaban J connectivity index is 1.51. The van der Waals surface area contributed by atoms with Crippen molar-refractivity contribution in [1.29, 1.82) is 0 Å². The fraction of sp³-hybridized carbons (Fsp3) is 0.207. The van der Waals surface area contributed by atoms with E-state index in [4.69, 9.17) is 14.2 Å². The number of rotatable bonds is 9. The van der Waals surface area contributed by atoms with Crippen LogP contribution in [0.15, 0.2) is 60.7 Å². The number of nitrogens with one attached hydrogen (secondary N) is 1. The first-order valence-electron chi connectivity index (χ1n) is 12.1. The Hall–Kier alpha value is -4.73. The highest BCUT2D eigenvalue weighted by molar-refractivity contribution is 6.02. The van der Waals surface area contributed by atoms with Gasteiger partial charge in [-0.2, -0.15) is 0 Å². The first-order chi connectivity index (χ1) is 18.9. The molecule has 3 aromatic carbocycles. The van der Waals surface area contributed by atoms with Gasteiger partial charge in [-0.15, -0.1) is 0 Å². The number of fused-ring (bicyclic) bond motifs is 1. The molecule has 0 aliphatic carbocycles. The fourth-order valence-corrected chi connectivity index (χ4v) is 4.45. The van der Waals surface area contributed by atoms with E-state index in [1.807, 2.05) is 30.3 Å². The lowest BCUT2D eigenvalue weighted by Gasteiger charge is -2.18. The lowest BCUT2D eigenvalue weighted by molar-refractivity contribution is 0.0765. The molecule has 8 nitrogen and oxygen atoms in total. The van der Waals surface area contributed by atoms with Gasteiger partial charge in [0.25, 0.3) is 5.91 Å². The van der Waals surface area contributed by atoms with Gasteiger partial charge in [-0.05, 0) is 42.0 Å². The maximum Gasteiger partial charge on any atom is 0.260 e. The molecule has 0 atom stereocenters. The summed E-state index contributed by atoms with van der Waals surface area (Å²) in [4.78, 5) is 24.0. The lowest BCUT2D eigenvalue weighted by Crippen LogP contribution is -2.24. The highest BCUT2D eigenvalue weighted by Crippen LogP contribution is 2.34. The van der Waals surface area contributed by atoms with Gasteiger partial charge in [0, 0.05) is 18.2 Å². The van der Waals surface area contributed by atoms with Gasteiger partial charge >= 0.3 is 0 Å². The zero-order valence-electron chi connectivity index (χ0n) is 21.6. The summed E-state index contributed by atoms with van der Waals surface area (Å²) in [6.07, 6.45) is 0. The normalized spacial score (nSPS) is 12.3. The molecular weight excluding hydrogens is 506 g/mol. The monoisotopic (exact) mass is 532 g/mol. The van der Waals surface area contributed by atoms with Crippen LogP contribution in [0.5, 0.6) is 17.2 Å². The average Bonchev–Trinajstić information content (AvgIpc) is 3.26. The first-order valence-corrected chi connectivity index (χ1v) is 12.1. The summed E-state index contributed by atoms with van der Waals surface area (Å²) in [6.45, 7) is 0.669. The molecule has 0 unspecified atom stereocenters. The van der Waals surface area contributed by atoms with Crippen LogP contribution < -0.4 is 19.5 Å². The summed E-state index contributed by atoms with van der Waals surface area (Å²) in [5.74, 6) is 0.0657. The number of carbonyl (C=O) groups excluding carboxylic acids is 1. The van der Waals surface area contributed by atoms with Gasteiger partial charge in [-0.3, -0.25) is 4.79 Å². The van der Waals surface area contributed by atoms with Gasteiger partial charge in [-0.25, -0.2) is 18.7 Å². The fourth-order valence-electron chi connectivity index (χ4n) is 4.45. The lowest BCUT2D eigenvalue weighted by atomic mass is 10.1. The Morgan fingerprint density at radius 1 is 0.872 bits per heavy atom. The summed E-state index contributed by atoms with van der Waals surface area (Å²) in [6, 6.07) is 16.3. The molecule has 0 fully saturated rings. The van der Waals surface area contributed by atoms with E-state index < -0.39 is 11.6 Å². The standard InChI is InChI=1S/C29H26F2N4O4/c1-37-19-10-7-17(8-11-19)14-32-27-26-23(33-28(34-27)25-21(30)5-4-6-22(25)31)16-35(29(26)36)15-18-9-12-20(38-2)13-24(18)39-3/h4-13H,14-16H2,1-3H3,(H,32,33,34). The predicted octanol–water partition coefficient (Wildman–Crippen LogP) is 5.22. The maximum absolute atomic E-state index is 14.7.